The highest BCUT2D eigenvalue weighted by atomic mass is 19.2. The van der Waals surface area contributed by atoms with Crippen LogP contribution in [0, 0.1) is 47.2 Å². The highest BCUT2D eigenvalue weighted by molar-refractivity contribution is 5.93. The SMILES string of the molecule is Cc1nn(C(C)C(=O)Nc2c(F)c(F)cc(F)c2F)c(C)c1[N+](=O)[O-]. The molecular weight excluding hydrogens is 348 g/mol. The number of nitrogens with one attached hydrogen (secondary N) is 1. The third-order valence-electron chi connectivity index (χ3n) is 3.58. The number of amides is 1. The predicted octanol–water partition coefficient (Wildman–Crippen LogP) is 3.16. The van der Waals surface area contributed by atoms with Crippen LogP contribution in [0.2, 0.25) is 0 Å². The van der Waals surface area contributed by atoms with Gasteiger partial charge in [0, 0.05) is 6.07 Å². The van der Waals surface area contributed by atoms with Crippen LogP contribution in [0.5, 0.6) is 0 Å². The quantitative estimate of drug-likeness (QED) is 0.392. The second-order valence-electron chi connectivity index (χ2n) is 5.23. The monoisotopic (exact) mass is 360 g/mol. The van der Waals surface area contributed by atoms with E-state index in [2.05, 4.69) is 5.10 Å². The topological polar surface area (TPSA) is 90.1 Å². The Hall–Kier alpha value is -2.98. The molecule has 1 amide bonds. The van der Waals surface area contributed by atoms with Gasteiger partial charge in [-0.2, -0.15) is 5.10 Å². The molecule has 1 N–H and O–H groups in total. The van der Waals surface area contributed by atoms with Crippen molar-refractivity contribution in [3.63, 3.8) is 0 Å². The zero-order chi connectivity index (χ0) is 19.0. The highest BCUT2D eigenvalue weighted by Gasteiger charge is 2.29. The van der Waals surface area contributed by atoms with Crippen molar-refractivity contribution in [3.05, 3.63) is 50.8 Å². The van der Waals surface area contributed by atoms with E-state index >= 15 is 0 Å². The molecule has 2 aromatic rings. The van der Waals surface area contributed by atoms with Crippen LogP contribution in [0.3, 0.4) is 0 Å². The molecule has 1 aromatic heterocycles. The van der Waals surface area contributed by atoms with Gasteiger partial charge in [0.25, 0.3) is 0 Å². The van der Waals surface area contributed by atoms with Crippen LogP contribution in [-0.2, 0) is 4.79 Å². The summed E-state index contributed by atoms with van der Waals surface area (Å²) in [5.41, 5.74) is -1.52. The Bertz CT molecular complexity index is 855. The molecule has 11 heteroatoms. The van der Waals surface area contributed by atoms with Gasteiger partial charge in [-0.05, 0) is 20.8 Å². The number of carbonyl (C=O) groups excluding carboxylic acids is 1. The lowest BCUT2D eigenvalue weighted by Gasteiger charge is -2.15. The number of benzene rings is 1. The van der Waals surface area contributed by atoms with Crippen molar-refractivity contribution in [3.8, 4) is 0 Å². The summed E-state index contributed by atoms with van der Waals surface area (Å²) in [6.07, 6.45) is 0. The van der Waals surface area contributed by atoms with Crippen molar-refractivity contribution >= 4 is 17.3 Å². The van der Waals surface area contributed by atoms with Crippen molar-refractivity contribution in [2.45, 2.75) is 26.8 Å². The maximum absolute atomic E-state index is 13.6. The Balaban J connectivity index is 2.38. The summed E-state index contributed by atoms with van der Waals surface area (Å²) >= 11 is 0. The molecule has 0 bridgehead atoms. The first kappa shape index (κ1) is 18.4. The molecule has 0 aliphatic heterocycles. The summed E-state index contributed by atoms with van der Waals surface area (Å²) in [7, 11) is 0. The molecular formula is C14H12F4N4O3. The van der Waals surface area contributed by atoms with Gasteiger partial charge in [0.15, 0.2) is 23.3 Å². The minimum absolute atomic E-state index is 0.00806. The zero-order valence-electron chi connectivity index (χ0n) is 13.2. The molecule has 134 valence electrons. The maximum Gasteiger partial charge on any atom is 0.312 e. The lowest BCUT2D eigenvalue weighted by atomic mass is 10.2. The fourth-order valence-corrected chi connectivity index (χ4v) is 2.32. The Morgan fingerprint density at radius 2 is 1.76 bits per heavy atom. The smallest absolute Gasteiger partial charge is 0.312 e. The van der Waals surface area contributed by atoms with Gasteiger partial charge in [0.1, 0.15) is 23.1 Å². The standard InChI is InChI=1S/C14H12F4N4O3/c1-5-13(22(24)25)6(2)21(20-5)7(3)14(23)19-12-10(17)8(15)4-9(16)11(12)18/h4,7H,1-3H3,(H,19,23). The molecule has 0 aliphatic rings. The zero-order valence-corrected chi connectivity index (χ0v) is 13.2. The van der Waals surface area contributed by atoms with Crippen LogP contribution < -0.4 is 5.32 Å². The van der Waals surface area contributed by atoms with Crippen LogP contribution in [-0.4, -0.2) is 20.6 Å². The number of hydrogen-bond donors (Lipinski definition) is 1. The van der Waals surface area contributed by atoms with E-state index in [0.29, 0.717) is 0 Å². The number of aryl methyl sites for hydroxylation is 1. The van der Waals surface area contributed by atoms with Crippen LogP contribution in [0.15, 0.2) is 6.07 Å². The van der Waals surface area contributed by atoms with E-state index < -0.39 is 45.8 Å². The molecule has 1 heterocycles. The van der Waals surface area contributed by atoms with E-state index in [4.69, 9.17) is 0 Å². The minimum atomic E-state index is -1.77. The Morgan fingerprint density at radius 3 is 2.20 bits per heavy atom. The second-order valence-corrected chi connectivity index (χ2v) is 5.23. The number of anilines is 1. The van der Waals surface area contributed by atoms with Gasteiger partial charge in [-0.25, -0.2) is 17.6 Å². The van der Waals surface area contributed by atoms with Crippen molar-refractivity contribution in [1.29, 1.82) is 0 Å². The van der Waals surface area contributed by atoms with Crippen molar-refractivity contribution in [2.75, 3.05) is 5.32 Å². The molecule has 0 spiro atoms. The largest absolute Gasteiger partial charge is 0.319 e. The van der Waals surface area contributed by atoms with Crippen LogP contribution in [0.4, 0.5) is 28.9 Å². The number of nitro groups is 1. The Labute approximate surface area is 138 Å². The van der Waals surface area contributed by atoms with Gasteiger partial charge in [-0.1, -0.05) is 0 Å². The molecule has 0 aliphatic carbocycles. The lowest BCUT2D eigenvalue weighted by Crippen LogP contribution is -2.26. The first-order chi connectivity index (χ1) is 11.6. The predicted molar refractivity (Wildman–Crippen MR) is 78.0 cm³/mol. The van der Waals surface area contributed by atoms with Crippen molar-refractivity contribution < 1.29 is 27.3 Å². The molecule has 0 saturated heterocycles. The average molecular weight is 360 g/mol. The number of aromatic nitrogens is 2. The molecule has 2 rings (SSSR count). The van der Waals surface area contributed by atoms with E-state index in [1.165, 1.54) is 20.8 Å². The molecule has 0 saturated carbocycles. The molecule has 1 aromatic carbocycles. The molecule has 0 fully saturated rings. The number of halogens is 4. The Kier molecular flexibility index (Phi) is 4.77. The fourth-order valence-electron chi connectivity index (χ4n) is 2.32. The summed E-state index contributed by atoms with van der Waals surface area (Å²) in [6, 6.07) is -1.23. The van der Waals surface area contributed by atoms with Gasteiger partial charge < -0.3 is 5.32 Å². The minimum Gasteiger partial charge on any atom is -0.319 e. The van der Waals surface area contributed by atoms with Crippen molar-refractivity contribution in [1.82, 2.24) is 9.78 Å². The molecule has 25 heavy (non-hydrogen) atoms. The van der Waals surface area contributed by atoms with Gasteiger partial charge >= 0.3 is 5.69 Å². The van der Waals surface area contributed by atoms with Crippen LogP contribution in [0.1, 0.15) is 24.4 Å². The lowest BCUT2D eigenvalue weighted by molar-refractivity contribution is -0.386. The second kappa shape index (κ2) is 6.49. The van der Waals surface area contributed by atoms with E-state index in [-0.39, 0.29) is 23.1 Å². The summed E-state index contributed by atoms with van der Waals surface area (Å²) in [6.45, 7) is 3.95. The maximum atomic E-state index is 13.6. The number of rotatable bonds is 4. The van der Waals surface area contributed by atoms with Crippen molar-refractivity contribution in [2.24, 2.45) is 0 Å². The average Bonchev–Trinajstić information content (AvgIpc) is 2.83. The number of carbonyl (C=O) groups is 1. The summed E-state index contributed by atoms with van der Waals surface area (Å²) in [5.74, 6) is -7.95. The van der Waals surface area contributed by atoms with Crippen LogP contribution >= 0.6 is 0 Å². The van der Waals surface area contributed by atoms with E-state index in [0.717, 1.165) is 4.68 Å². The highest BCUT2D eigenvalue weighted by Crippen LogP contribution is 2.27. The molecule has 1 atom stereocenters. The summed E-state index contributed by atoms with van der Waals surface area (Å²) < 4.78 is 54.6. The fraction of sp³-hybridized carbons (Fsp3) is 0.286. The third-order valence-corrected chi connectivity index (χ3v) is 3.58. The van der Waals surface area contributed by atoms with E-state index in [9.17, 15) is 32.5 Å². The molecule has 1 unspecified atom stereocenters. The first-order valence-corrected chi connectivity index (χ1v) is 6.90. The van der Waals surface area contributed by atoms with E-state index in [1.807, 2.05) is 0 Å². The summed E-state index contributed by atoms with van der Waals surface area (Å²) in [4.78, 5) is 22.5. The van der Waals surface area contributed by atoms with Crippen LogP contribution in [0.25, 0.3) is 0 Å². The van der Waals surface area contributed by atoms with Gasteiger partial charge in [-0.15, -0.1) is 0 Å². The van der Waals surface area contributed by atoms with Gasteiger partial charge in [-0.3, -0.25) is 19.6 Å². The van der Waals surface area contributed by atoms with E-state index in [1.54, 1.807) is 5.32 Å². The van der Waals surface area contributed by atoms with Gasteiger partial charge in [0.05, 0.1) is 4.92 Å². The Morgan fingerprint density at radius 1 is 1.24 bits per heavy atom. The number of hydrogen-bond acceptors (Lipinski definition) is 4. The normalized spacial score (nSPS) is 12.1. The number of nitrogens with zero attached hydrogens (tertiary/aromatic N) is 3. The summed E-state index contributed by atoms with van der Waals surface area (Å²) in [5, 5.41) is 16.6. The molecule has 0 radical (unpaired) electrons. The molecule has 7 nitrogen and oxygen atoms in total. The van der Waals surface area contributed by atoms with Gasteiger partial charge in [0.2, 0.25) is 5.91 Å². The first-order valence-electron chi connectivity index (χ1n) is 6.90. The third kappa shape index (κ3) is 3.16.